The van der Waals surface area contributed by atoms with Gasteiger partial charge in [-0.1, -0.05) is 6.07 Å². The smallest absolute Gasteiger partial charge is 0.128 e. The number of rotatable bonds is 2. The van der Waals surface area contributed by atoms with Gasteiger partial charge in [0.05, 0.1) is 0 Å². The van der Waals surface area contributed by atoms with E-state index in [9.17, 15) is 0 Å². The van der Waals surface area contributed by atoms with Gasteiger partial charge in [0, 0.05) is 30.9 Å². The molecule has 0 aliphatic carbocycles. The van der Waals surface area contributed by atoms with E-state index in [0.29, 0.717) is 6.04 Å². The molecule has 0 radical (unpaired) electrons. The van der Waals surface area contributed by atoms with Gasteiger partial charge in [-0.3, -0.25) is 0 Å². The predicted octanol–water partition coefficient (Wildman–Crippen LogP) is 1.97. The zero-order valence-corrected chi connectivity index (χ0v) is 10.6. The lowest BCUT2D eigenvalue weighted by molar-refractivity contribution is 0.315. The summed E-state index contributed by atoms with van der Waals surface area (Å²) in [4.78, 5) is 6.74. The molecule has 1 aromatic heterocycles. The first-order chi connectivity index (χ1) is 7.44. The lowest BCUT2D eigenvalue weighted by Crippen LogP contribution is -2.62. The monoisotopic (exact) mass is 219 g/mol. The van der Waals surface area contributed by atoms with Crippen molar-refractivity contribution < 1.29 is 0 Å². The van der Waals surface area contributed by atoms with E-state index in [1.54, 1.807) is 0 Å². The van der Waals surface area contributed by atoms with Crippen LogP contribution in [0.25, 0.3) is 0 Å². The fourth-order valence-corrected chi connectivity index (χ4v) is 2.02. The van der Waals surface area contributed by atoms with Crippen LogP contribution in [0.5, 0.6) is 0 Å². The van der Waals surface area contributed by atoms with Crippen LogP contribution in [-0.4, -0.2) is 29.7 Å². The largest absolute Gasteiger partial charge is 0.353 e. The minimum absolute atomic E-state index is 0.206. The summed E-state index contributed by atoms with van der Waals surface area (Å²) < 4.78 is 0. The van der Waals surface area contributed by atoms with Crippen molar-refractivity contribution in [1.29, 1.82) is 0 Å². The standard InChI is InChI=1S/C13H21N3/c1-10-5-6-12(14-7-10)16-8-11(9-16)15-13(2,3)4/h5-7,11,15H,8-9H2,1-4H3. The Morgan fingerprint density at radius 2 is 2.00 bits per heavy atom. The average Bonchev–Trinajstić information content (AvgIpc) is 2.11. The van der Waals surface area contributed by atoms with Crippen LogP contribution in [0.4, 0.5) is 5.82 Å². The Labute approximate surface area is 97.9 Å². The molecule has 2 rings (SSSR count). The number of anilines is 1. The third-order valence-electron chi connectivity index (χ3n) is 2.74. The van der Waals surface area contributed by atoms with Gasteiger partial charge in [-0.2, -0.15) is 0 Å². The molecule has 0 saturated carbocycles. The van der Waals surface area contributed by atoms with E-state index in [2.05, 4.69) is 55.0 Å². The van der Waals surface area contributed by atoms with Gasteiger partial charge in [-0.15, -0.1) is 0 Å². The van der Waals surface area contributed by atoms with Crippen molar-refractivity contribution in [2.24, 2.45) is 0 Å². The lowest BCUT2D eigenvalue weighted by atomic mass is 10.0. The molecule has 0 aromatic carbocycles. The Bertz CT molecular complexity index is 344. The molecule has 1 fully saturated rings. The lowest BCUT2D eigenvalue weighted by Gasteiger charge is -2.43. The predicted molar refractivity (Wildman–Crippen MR) is 67.9 cm³/mol. The van der Waals surface area contributed by atoms with E-state index in [4.69, 9.17) is 0 Å². The number of hydrogen-bond acceptors (Lipinski definition) is 3. The minimum Gasteiger partial charge on any atom is -0.353 e. The van der Waals surface area contributed by atoms with Crippen LogP contribution < -0.4 is 10.2 Å². The average molecular weight is 219 g/mol. The van der Waals surface area contributed by atoms with Gasteiger partial charge in [0.25, 0.3) is 0 Å². The number of hydrogen-bond donors (Lipinski definition) is 1. The van der Waals surface area contributed by atoms with Crippen molar-refractivity contribution in [3.8, 4) is 0 Å². The van der Waals surface area contributed by atoms with E-state index in [-0.39, 0.29) is 5.54 Å². The van der Waals surface area contributed by atoms with Gasteiger partial charge in [0.2, 0.25) is 0 Å². The zero-order chi connectivity index (χ0) is 11.8. The zero-order valence-electron chi connectivity index (χ0n) is 10.6. The van der Waals surface area contributed by atoms with E-state index < -0.39 is 0 Å². The van der Waals surface area contributed by atoms with Crippen LogP contribution in [0, 0.1) is 6.92 Å². The van der Waals surface area contributed by atoms with Crippen LogP contribution in [0.3, 0.4) is 0 Å². The van der Waals surface area contributed by atoms with Crippen LogP contribution >= 0.6 is 0 Å². The summed E-state index contributed by atoms with van der Waals surface area (Å²) in [5.74, 6) is 1.09. The number of aryl methyl sites for hydroxylation is 1. The summed E-state index contributed by atoms with van der Waals surface area (Å²) in [6.45, 7) is 10.8. The molecular weight excluding hydrogens is 198 g/mol. The van der Waals surface area contributed by atoms with Gasteiger partial charge in [0.15, 0.2) is 0 Å². The van der Waals surface area contributed by atoms with E-state index >= 15 is 0 Å². The summed E-state index contributed by atoms with van der Waals surface area (Å²) >= 11 is 0. The molecule has 2 heterocycles. The van der Waals surface area contributed by atoms with Crippen molar-refractivity contribution >= 4 is 5.82 Å². The van der Waals surface area contributed by atoms with Crippen molar-refractivity contribution in [3.05, 3.63) is 23.9 Å². The first kappa shape index (κ1) is 11.4. The Hall–Kier alpha value is -1.09. The topological polar surface area (TPSA) is 28.2 Å². The Balaban J connectivity index is 1.86. The van der Waals surface area contributed by atoms with Crippen LogP contribution in [-0.2, 0) is 0 Å². The number of pyridine rings is 1. The van der Waals surface area contributed by atoms with E-state index in [1.165, 1.54) is 5.56 Å². The quantitative estimate of drug-likeness (QED) is 0.824. The molecule has 0 amide bonds. The second-order valence-corrected chi connectivity index (χ2v) is 5.69. The summed E-state index contributed by atoms with van der Waals surface area (Å²) in [5, 5.41) is 3.60. The van der Waals surface area contributed by atoms with Crippen molar-refractivity contribution in [3.63, 3.8) is 0 Å². The first-order valence-electron chi connectivity index (χ1n) is 5.89. The molecule has 3 heteroatoms. The number of nitrogens with one attached hydrogen (secondary N) is 1. The van der Waals surface area contributed by atoms with Gasteiger partial charge in [-0.25, -0.2) is 4.98 Å². The fourth-order valence-electron chi connectivity index (χ4n) is 2.02. The molecular formula is C13H21N3. The summed E-state index contributed by atoms with van der Waals surface area (Å²) in [5.41, 5.74) is 1.42. The first-order valence-corrected chi connectivity index (χ1v) is 5.89. The molecule has 16 heavy (non-hydrogen) atoms. The molecule has 1 N–H and O–H groups in total. The van der Waals surface area contributed by atoms with Gasteiger partial charge in [0.1, 0.15) is 5.82 Å². The number of nitrogens with zero attached hydrogens (tertiary/aromatic N) is 2. The molecule has 0 bridgehead atoms. The molecule has 0 unspecified atom stereocenters. The Morgan fingerprint density at radius 1 is 1.31 bits per heavy atom. The highest BCUT2D eigenvalue weighted by Crippen LogP contribution is 2.19. The molecule has 1 saturated heterocycles. The summed E-state index contributed by atoms with van der Waals surface area (Å²) in [6, 6.07) is 4.82. The molecule has 1 aliphatic heterocycles. The summed E-state index contributed by atoms with van der Waals surface area (Å²) in [7, 11) is 0. The van der Waals surface area contributed by atoms with Gasteiger partial charge in [-0.05, 0) is 39.3 Å². The molecule has 0 atom stereocenters. The highest BCUT2D eigenvalue weighted by Gasteiger charge is 2.30. The third-order valence-corrected chi connectivity index (χ3v) is 2.74. The maximum absolute atomic E-state index is 4.43. The third kappa shape index (κ3) is 2.73. The Morgan fingerprint density at radius 3 is 2.50 bits per heavy atom. The van der Waals surface area contributed by atoms with Crippen LogP contribution in [0.1, 0.15) is 26.3 Å². The van der Waals surface area contributed by atoms with Crippen molar-refractivity contribution in [2.75, 3.05) is 18.0 Å². The van der Waals surface area contributed by atoms with Gasteiger partial charge >= 0.3 is 0 Å². The maximum Gasteiger partial charge on any atom is 0.128 e. The highest BCUT2D eigenvalue weighted by molar-refractivity contribution is 5.43. The fraction of sp³-hybridized carbons (Fsp3) is 0.615. The normalized spacial score (nSPS) is 17.4. The van der Waals surface area contributed by atoms with Crippen molar-refractivity contribution in [1.82, 2.24) is 10.3 Å². The van der Waals surface area contributed by atoms with Crippen molar-refractivity contribution in [2.45, 2.75) is 39.3 Å². The maximum atomic E-state index is 4.43. The molecule has 1 aliphatic rings. The second kappa shape index (κ2) is 4.06. The Kier molecular flexibility index (Phi) is 2.89. The molecule has 88 valence electrons. The van der Waals surface area contributed by atoms with Crippen LogP contribution in [0.2, 0.25) is 0 Å². The molecule has 1 aromatic rings. The van der Waals surface area contributed by atoms with E-state index in [1.807, 2.05) is 6.20 Å². The molecule has 3 nitrogen and oxygen atoms in total. The second-order valence-electron chi connectivity index (χ2n) is 5.69. The SMILES string of the molecule is Cc1ccc(N2CC(NC(C)(C)C)C2)nc1. The minimum atomic E-state index is 0.206. The highest BCUT2D eigenvalue weighted by atomic mass is 15.3. The van der Waals surface area contributed by atoms with Gasteiger partial charge < -0.3 is 10.2 Å². The van der Waals surface area contributed by atoms with Crippen LogP contribution in [0.15, 0.2) is 18.3 Å². The number of aromatic nitrogens is 1. The van der Waals surface area contributed by atoms with E-state index in [0.717, 1.165) is 18.9 Å². The summed E-state index contributed by atoms with van der Waals surface area (Å²) in [6.07, 6.45) is 1.93. The molecule has 0 spiro atoms.